The van der Waals surface area contributed by atoms with Crippen molar-refractivity contribution in [1.82, 2.24) is 5.32 Å². The number of hydrogen-bond acceptors (Lipinski definition) is 2. The Morgan fingerprint density at radius 1 is 1.50 bits per heavy atom. The average Bonchev–Trinajstić information content (AvgIpc) is 2.58. The summed E-state index contributed by atoms with van der Waals surface area (Å²) in [5.41, 5.74) is 2.05. The van der Waals surface area contributed by atoms with Crippen LogP contribution in [0.2, 0.25) is 0 Å². The second-order valence-electron chi connectivity index (χ2n) is 4.25. The van der Waals surface area contributed by atoms with E-state index >= 15 is 0 Å². The molecule has 0 unspecified atom stereocenters. The van der Waals surface area contributed by atoms with E-state index in [1.807, 2.05) is 5.38 Å². The minimum absolute atomic E-state index is 0.0717. The Morgan fingerprint density at radius 2 is 2.19 bits per heavy atom. The van der Waals surface area contributed by atoms with Crippen LogP contribution in [0.1, 0.15) is 27.7 Å². The Morgan fingerprint density at radius 3 is 2.75 bits per heavy atom. The molecule has 0 saturated heterocycles. The molecule has 1 amide bonds. The lowest BCUT2D eigenvalue weighted by Gasteiger charge is -2.08. The standard InChI is InChI=1S/C12H20N2OS/c1-5-10-9(2)16-8-11(10)12(15)13-6-7-14(3)4/h8H,5-7H2,1-4H3,(H,13,15)/p+1. The lowest BCUT2D eigenvalue weighted by atomic mass is 10.1. The van der Waals surface area contributed by atoms with E-state index in [-0.39, 0.29) is 5.91 Å². The Bertz CT molecular complexity index is 358. The number of rotatable bonds is 5. The van der Waals surface area contributed by atoms with Gasteiger partial charge in [0.25, 0.3) is 5.91 Å². The number of likely N-dealkylation sites (N-methyl/N-ethyl adjacent to an activating group) is 1. The summed E-state index contributed by atoms with van der Waals surface area (Å²) in [6, 6.07) is 0. The molecule has 0 bridgehead atoms. The van der Waals surface area contributed by atoms with Crippen molar-refractivity contribution < 1.29 is 9.69 Å². The second kappa shape index (κ2) is 6.01. The van der Waals surface area contributed by atoms with Crippen LogP contribution < -0.4 is 10.2 Å². The van der Waals surface area contributed by atoms with Crippen molar-refractivity contribution in [2.24, 2.45) is 0 Å². The largest absolute Gasteiger partial charge is 0.346 e. The van der Waals surface area contributed by atoms with Gasteiger partial charge in [-0.2, -0.15) is 0 Å². The van der Waals surface area contributed by atoms with Crippen LogP contribution in [-0.4, -0.2) is 33.1 Å². The summed E-state index contributed by atoms with van der Waals surface area (Å²) in [5.74, 6) is 0.0717. The molecule has 90 valence electrons. The molecule has 0 fully saturated rings. The van der Waals surface area contributed by atoms with Gasteiger partial charge in [0.15, 0.2) is 0 Å². The number of carbonyl (C=O) groups is 1. The van der Waals surface area contributed by atoms with Crippen molar-refractivity contribution in [3.63, 3.8) is 0 Å². The second-order valence-corrected chi connectivity index (χ2v) is 5.33. The average molecular weight is 241 g/mol. The van der Waals surface area contributed by atoms with Crippen LogP contribution >= 0.6 is 11.3 Å². The van der Waals surface area contributed by atoms with Crippen LogP contribution in [0.4, 0.5) is 0 Å². The number of aryl methyl sites for hydroxylation is 1. The topological polar surface area (TPSA) is 33.5 Å². The zero-order valence-electron chi connectivity index (χ0n) is 10.5. The summed E-state index contributed by atoms with van der Waals surface area (Å²) in [6.45, 7) is 5.86. The third-order valence-corrected chi connectivity index (χ3v) is 3.57. The van der Waals surface area contributed by atoms with Crippen LogP contribution in [0.15, 0.2) is 5.38 Å². The molecule has 0 aromatic carbocycles. The molecule has 16 heavy (non-hydrogen) atoms. The predicted octanol–water partition coefficient (Wildman–Crippen LogP) is 0.493. The Balaban J connectivity index is 2.59. The van der Waals surface area contributed by atoms with Gasteiger partial charge in [0.05, 0.1) is 32.7 Å². The van der Waals surface area contributed by atoms with E-state index < -0.39 is 0 Å². The van der Waals surface area contributed by atoms with Crippen molar-refractivity contribution in [3.05, 3.63) is 21.4 Å². The normalized spacial score (nSPS) is 10.8. The van der Waals surface area contributed by atoms with Gasteiger partial charge in [0.1, 0.15) is 0 Å². The van der Waals surface area contributed by atoms with E-state index in [1.165, 1.54) is 15.3 Å². The highest BCUT2D eigenvalue weighted by Gasteiger charge is 2.13. The molecule has 2 N–H and O–H groups in total. The number of hydrogen-bond donors (Lipinski definition) is 2. The minimum atomic E-state index is 0.0717. The molecule has 0 atom stereocenters. The SMILES string of the molecule is CCc1c(C(=O)NCC[NH+](C)C)csc1C. The molecule has 1 aromatic rings. The fourth-order valence-electron chi connectivity index (χ4n) is 1.63. The van der Waals surface area contributed by atoms with E-state index in [2.05, 4.69) is 33.3 Å². The third-order valence-electron chi connectivity index (χ3n) is 2.61. The lowest BCUT2D eigenvalue weighted by molar-refractivity contribution is -0.856. The fraction of sp³-hybridized carbons (Fsp3) is 0.583. The first kappa shape index (κ1) is 13.2. The van der Waals surface area contributed by atoms with Crippen molar-refractivity contribution in [1.29, 1.82) is 0 Å². The molecule has 0 radical (unpaired) electrons. The maximum absolute atomic E-state index is 11.9. The summed E-state index contributed by atoms with van der Waals surface area (Å²) in [5, 5.41) is 4.93. The third kappa shape index (κ3) is 3.32. The Labute approximate surface area is 101 Å². The van der Waals surface area contributed by atoms with Crippen molar-refractivity contribution in [2.45, 2.75) is 20.3 Å². The van der Waals surface area contributed by atoms with E-state index in [4.69, 9.17) is 0 Å². The van der Waals surface area contributed by atoms with Gasteiger partial charge in [-0.25, -0.2) is 0 Å². The molecule has 3 nitrogen and oxygen atoms in total. The van der Waals surface area contributed by atoms with Crippen LogP contribution in [0.3, 0.4) is 0 Å². The zero-order chi connectivity index (χ0) is 12.1. The molecule has 0 aliphatic heterocycles. The van der Waals surface area contributed by atoms with Crippen molar-refractivity contribution in [3.8, 4) is 0 Å². The molecule has 0 spiro atoms. The first-order chi connectivity index (χ1) is 7.56. The highest BCUT2D eigenvalue weighted by molar-refractivity contribution is 7.10. The number of nitrogens with one attached hydrogen (secondary N) is 2. The van der Waals surface area contributed by atoms with E-state index in [0.717, 1.165) is 25.1 Å². The highest BCUT2D eigenvalue weighted by Crippen LogP contribution is 2.21. The number of amides is 1. The van der Waals surface area contributed by atoms with Gasteiger partial charge in [0, 0.05) is 10.3 Å². The summed E-state index contributed by atoms with van der Waals surface area (Å²) in [4.78, 5) is 14.5. The number of thiophene rings is 1. The van der Waals surface area contributed by atoms with Crippen LogP contribution in [0, 0.1) is 6.92 Å². The number of carbonyl (C=O) groups excluding carboxylic acids is 1. The maximum atomic E-state index is 11.9. The molecule has 4 heteroatoms. The first-order valence-electron chi connectivity index (χ1n) is 5.70. The highest BCUT2D eigenvalue weighted by atomic mass is 32.1. The van der Waals surface area contributed by atoms with E-state index in [9.17, 15) is 4.79 Å². The minimum Gasteiger partial charge on any atom is -0.346 e. The van der Waals surface area contributed by atoms with Crippen molar-refractivity contribution in [2.75, 3.05) is 27.2 Å². The van der Waals surface area contributed by atoms with Gasteiger partial charge >= 0.3 is 0 Å². The smallest absolute Gasteiger partial charge is 0.252 e. The predicted molar refractivity (Wildman–Crippen MR) is 68.4 cm³/mol. The van der Waals surface area contributed by atoms with Gasteiger partial charge in [-0.1, -0.05) is 6.92 Å². The van der Waals surface area contributed by atoms with Gasteiger partial charge in [-0.05, 0) is 18.9 Å². The van der Waals surface area contributed by atoms with Crippen LogP contribution in [0.25, 0.3) is 0 Å². The quantitative estimate of drug-likeness (QED) is 0.773. The van der Waals surface area contributed by atoms with E-state index in [0.29, 0.717) is 0 Å². The van der Waals surface area contributed by atoms with Gasteiger partial charge in [-0.3, -0.25) is 4.79 Å². The van der Waals surface area contributed by atoms with Crippen LogP contribution in [0.5, 0.6) is 0 Å². The Kier molecular flexibility index (Phi) is 4.96. The molecule has 0 aliphatic rings. The Hall–Kier alpha value is -0.870. The van der Waals surface area contributed by atoms with Gasteiger partial charge in [0.2, 0.25) is 0 Å². The van der Waals surface area contributed by atoms with E-state index in [1.54, 1.807) is 11.3 Å². The maximum Gasteiger partial charge on any atom is 0.252 e. The summed E-state index contributed by atoms with van der Waals surface area (Å²) < 4.78 is 0. The number of quaternary nitrogens is 1. The first-order valence-corrected chi connectivity index (χ1v) is 6.58. The molecule has 0 saturated carbocycles. The lowest BCUT2D eigenvalue weighted by Crippen LogP contribution is -3.06. The molecule has 1 heterocycles. The van der Waals surface area contributed by atoms with Crippen LogP contribution in [-0.2, 0) is 6.42 Å². The molecular weight excluding hydrogens is 220 g/mol. The van der Waals surface area contributed by atoms with Crippen molar-refractivity contribution >= 4 is 17.2 Å². The zero-order valence-corrected chi connectivity index (χ0v) is 11.3. The molecule has 0 aliphatic carbocycles. The van der Waals surface area contributed by atoms with Gasteiger partial charge in [-0.15, -0.1) is 11.3 Å². The fourth-order valence-corrected chi connectivity index (χ4v) is 2.57. The summed E-state index contributed by atoms with van der Waals surface area (Å²) in [7, 11) is 4.16. The summed E-state index contributed by atoms with van der Waals surface area (Å²) in [6.07, 6.45) is 0.928. The molecular formula is C12H21N2OS+. The monoisotopic (exact) mass is 241 g/mol. The van der Waals surface area contributed by atoms with Gasteiger partial charge < -0.3 is 10.2 Å². The molecule has 1 rings (SSSR count). The molecule has 1 aromatic heterocycles. The summed E-state index contributed by atoms with van der Waals surface area (Å²) >= 11 is 1.66.